The number of rotatable bonds is 19. The first kappa shape index (κ1) is 32.4. The van der Waals surface area contributed by atoms with E-state index < -0.39 is 5.41 Å². The Morgan fingerprint density at radius 2 is 1.57 bits per heavy atom. The van der Waals surface area contributed by atoms with Gasteiger partial charge in [0.05, 0.1) is 53.1 Å². The van der Waals surface area contributed by atoms with E-state index in [2.05, 4.69) is 18.3 Å². The molecule has 2 aromatic carbocycles. The number of hydrogen-bond acceptors (Lipinski definition) is 8. The number of hydrogen-bond donors (Lipinski definition) is 1. The standard InChI is InChI=1S/C31H44N2O7/c1-8-15-31(20-32,23-13-14-25(35-4)26(19-23)36-5)16-11-12-24(33-21-34)17-22-18-27(39-9-2)29(37-6)30(38-7)28(22)40-10-3/h13-14,18-19,21,24H,8-12,15-17H2,1-7H3,(H,33,34)/t24-,31+/m0/s1. The second-order valence-corrected chi connectivity index (χ2v) is 9.39. The lowest BCUT2D eigenvalue weighted by molar-refractivity contribution is -0.110. The van der Waals surface area contributed by atoms with Crippen molar-refractivity contribution in [2.75, 3.05) is 41.7 Å². The van der Waals surface area contributed by atoms with E-state index in [1.54, 1.807) is 28.4 Å². The SMILES string of the molecule is CCC[C@](C#N)(CCC[C@@H](Cc1cc(OCC)c(OC)c(OC)c1OCC)NC=O)c1ccc(OC)c(OC)c1. The number of nitrogens with zero attached hydrogens (tertiary/aromatic N) is 1. The third-order valence-electron chi connectivity index (χ3n) is 6.98. The topological polar surface area (TPSA) is 108 Å². The molecule has 1 amide bonds. The maximum atomic E-state index is 11.6. The lowest BCUT2D eigenvalue weighted by Crippen LogP contribution is -2.31. The van der Waals surface area contributed by atoms with Gasteiger partial charge in [0.15, 0.2) is 23.0 Å². The number of carbonyl (C=O) groups is 1. The zero-order valence-electron chi connectivity index (χ0n) is 24.9. The van der Waals surface area contributed by atoms with E-state index in [4.69, 9.17) is 28.4 Å². The monoisotopic (exact) mass is 556 g/mol. The third kappa shape index (κ3) is 7.65. The molecule has 0 heterocycles. The molecule has 220 valence electrons. The van der Waals surface area contributed by atoms with Crippen molar-refractivity contribution in [3.05, 3.63) is 35.4 Å². The van der Waals surface area contributed by atoms with E-state index in [0.29, 0.717) is 86.2 Å². The minimum Gasteiger partial charge on any atom is -0.493 e. The molecule has 0 unspecified atom stereocenters. The first-order chi connectivity index (χ1) is 19.4. The molecule has 0 aromatic heterocycles. The summed E-state index contributed by atoms with van der Waals surface area (Å²) in [5.41, 5.74) is 1.04. The molecule has 0 bridgehead atoms. The number of amides is 1. The fraction of sp³-hybridized carbons (Fsp3) is 0.548. The summed E-state index contributed by atoms with van der Waals surface area (Å²) in [6, 6.07) is 9.96. The van der Waals surface area contributed by atoms with Gasteiger partial charge in [-0.05, 0) is 69.7 Å². The van der Waals surface area contributed by atoms with Crippen LogP contribution in [0.25, 0.3) is 0 Å². The van der Waals surface area contributed by atoms with Gasteiger partial charge in [0.2, 0.25) is 17.9 Å². The van der Waals surface area contributed by atoms with Gasteiger partial charge in [0.1, 0.15) is 0 Å². The highest BCUT2D eigenvalue weighted by Gasteiger charge is 2.32. The summed E-state index contributed by atoms with van der Waals surface area (Å²) >= 11 is 0. The number of methoxy groups -OCH3 is 4. The van der Waals surface area contributed by atoms with Crippen molar-refractivity contribution in [3.63, 3.8) is 0 Å². The van der Waals surface area contributed by atoms with Crippen molar-refractivity contribution in [1.29, 1.82) is 5.26 Å². The molecule has 2 atom stereocenters. The Balaban J connectivity index is 2.36. The Bertz CT molecular complexity index is 1130. The van der Waals surface area contributed by atoms with Gasteiger partial charge in [-0.3, -0.25) is 4.79 Å². The van der Waals surface area contributed by atoms with Crippen molar-refractivity contribution in [2.24, 2.45) is 0 Å². The Labute approximate surface area is 238 Å². The lowest BCUT2D eigenvalue weighted by Gasteiger charge is -2.29. The third-order valence-corrected chi connectivity index (χ3v) is 6.98. The fourth-order valence-electron chi connectivity index (χ4n) is 5.15. The Kier molecular flexibility index (Phi) is 13.2. The molecule has 0 saturated carbocycles. The average molecular weight is 557 g/mol. The zero-order chi connectivity index (χ0) is 29.5. The van der Waals surface area contributed by atoms with Crippen LogP contribution in [0.3, 0.4) is 0 Å². The van der Waals surface area contributed by atoms with Crippen molar-refractivity contribution >= 4 is 6.41 Å². The number of ether oxygens (including phenoxy) is 6. The number of nitriles is 1. The Morgan fingerprint density at radius 3 is 2.12 bits per heavy atom. The van der Waals surface area contributed by atoms with Crippen LogP contribution in [0.4, 0.5) is 0 Å². The second-order valence-electron chi connectivity index (χ2n) is 9.39. The summed E-state index contributed by atoms with van der Waals surface area (Å²) in [5.74, 6) is 3.24. The van der Waals surface area contributed by atoms with Crippen molar-refractivity contribution in [3.8, 4) is 40.6 Å². The molecule has 2 aromatic rings. The van der Waals surface area contributed by atoms with Crippen LogP contribution in [-0.2, 0) is 16.6 Å². The van der Waals surface area contributed by atoms with Crippen LogP contribution in [0.5, 0.6) is 34.5 Å². The van der Waals surface area contributed by atoms with E-state index in [1.165, 1.54) is 0 Å². The molecule has 0 fully saturated rings. The van der Waals surface area contributed by atoms with Crippen molar-refractivity contribution in [2.45, 2.75) is 70.8 Å². The van der Waals surface area contributed by atoms with Gasteiger partial charge in [-0.2, -0.15) is 5.26 Å². The van der Waals surface area contributed by atoms with E-state index in [0.717, 1.165) is 17.5 Å². The van der Waals surface area contributed by atoms with E-state index in [-0.39, 0.29) is 6.04 Å². The van der Waals surface area contributed by atoms with Crippen molar-refractivity contribution in [1.82, 2.24) is 5.32 Å². The lowest BCUT2D eigenvalue weighted by atomic mass is 9.74. The van der Waals surface area contributed by atoms with E-state index in [1.807, 2.05) is 38.1 Å². The summed E-state index contributed by atoms with van der Waals surface area (Å²) in [5, 5.41) is 13.3. The maximum Gasteiger partial charge on any atom is 0.207 e. The van der Waals surface area contributed by atoms with Gasteiger partial charge in [-0.15, -0.1) is 0 Å². The predicted molar refractivity (Wildman–Crippen MR) is 154 cm³/mol. The van der Waals surface area contributed by atoms with Crippen LogP contribution in [0, 0.1) is 11.3 Å². The maximum absolute atomic E-state index is 11.6. The van der Waals surface area contributed by atoms with Crippen LogP contribution in [0.2, 0.25) is 0 Å². The smallest absolute Gasteiger partial charge is 0.207 e. The van der Waals surface area contributed by atoms with Crippen LogP contribution in [0.15, 0.2) is 24.3 Å². The van der Waals surface area contributed by atoms with E-state index >= 15 is 0 Å². The Morgan fingerprint density at radius 1 is 0.875 bits per heavy atom. The molecule has 0 saturated heterocycles. The molecule has 9 nitrogen and oxygen atoms in total. The number of benzene rings is 2. The molecule has 1 N–H and O–H groups in total. The molecule has 40 heavy (non-hydrogen) atoms. The molecule has 0 aliphatic rings. The Hall–Kier alpha value is -3.80. The molecular weight excluding hydrogens is 512 g/mol. The summed E-state index contributed by atoms with van der Waals surface area (Å²) in [6.07, 6.45) is 4.74. The van der Waals surface area contributed by atoms with Gasteiger partial charge >= 0.3 is 0 Å². The molecule has 0 radical (unpaired) electrons. The number of nitrogens with one attached hydrogen (secondary N) is 1. The molecule has 9 heteroatoms. The van der Waals surface area contributed by atoms with E-state index in [9.17, 15) is 10.1 Å². The van der Waals surface area contributed by atoms with Crippen LogP contribution in [0.1, 0.15) is 64.0 Å². The molecule has 0 aliphatic carbocycles. The molecule has 0 spiro atoms. The first-order valence-electron chi connectivity index (χ1n) is 13.8. The van der Waals surface area contributed by atoms with Gasteiger partial charge in [-0.1, -0.05) is 19.4 Å². The predicted octanol–water partition coefficient (Wildman–Crippen LogP) is 5.61. The average Bonchev–Trinajstić information content (AvgIpc) is 2.97. The van der Waals surface area contributed by atoms with Crippen LogP contribution >= 0.6 is 0 Å². The minimum atomic E-state index is -0.692. The number of carbonyl (C=O) groups excluding carboxylic acids is 1. The largest absolute Gasteiger partial charge is 0.493 e. The van der Waals surface area contributed by atoms with Gasteiger partial charge < -0.3 is 33.7 Å². The molecular formula is C31H44N2O7. The highest BCUT2D eigenvalue weighted by atomic mass is 16.5. The van der Waals surface area contributed by atoms with Gasteiger partial charge in [-0.25, -0.2) is 0 Å². The van der Waals surface area contributed by atoms with Crippen LogP contribution < -0.4 is 33.7 Å². The fourth-order valence-corrected chi connectivity index (χ4v) is 5.15. The second kappa shape index (κ2) is 16.3. The first-order valence-corrected chi connectivity index (χ1v) is 13.8. The van der Waals surface area contributed by atoms with Crippen molar-refractivity contribution < 1.29 is 33.2 Å². The summed E-state index contributed by atoms with van der Waals surface area (Å²) in [7, 11) is 6.30. The molecule has 0 aliphatic heterocycles. The summed E-state index contributed by atoms with van der Waals surface area (Å²) in [4.78, 5) is 11.6. The summed E-state index contributed by atoms with van der Waals surface area (Å²) in [6.45, 7) is 6.75. The quantitative estimate of drug-likeness (QED) is 0.223. The normalized spacial score (nSPS) is 12.8. The summed E-state index contributed by atoms with van der Waals surface area (Å²) < 4.78 is 33.9. The van der Waals surface area contributed by atoms with Crippen LogP contribution in [-0.4, -0.2) is 54.1 Å². The highest BCUT2D eigenvalue weighted by molar-refractivity contribution is 5.63. The minimum absolute atomic E-state index is 0.201. The zero-order valence-corrected chi connectivity index (χ0v) is 24.9. The van der Waals surface area contributed by atoms with Gasteiger partial charge in [0, 0.05) is 11.6 Å². The molecule has 2 rings (SSSR count). The van der Waals surface area contributed by atoms with Gasteiger partial charge in [0.25, 0.3) is 0 Å². The highest BCUT2D eigenvalue weighted by Crippen LogP contribution is 2.47.